The maximum Gasteiger partial charge on any atom is 0.254 e. The van der Waals surface area contributed by atoms with E-state index in [0.29, 0.717) is 5.56 Å². The van der Waals surface area contributed by atoms with Crippen LogP contribution in [0.3, 0.4) is 0 Å². The van der Waals surface area contributed by atoms with Crippen molar-refractivity contribution in [3.8, 4) is 5.75 Å². The van der Waals surface area contributed by atoms with Gasteiger partial charge in [-0.3, -0.25) is 4.79 Å². The molecule has 1 aromatic rings. The fourth-order valence-electron chi connectivity index (χ4n) is 2.40. The van der Waals surface area contributed by atoms with Gasteiger partial charge in [0, 0.05) is 24.7 Å². The lowest BCUT2D eigenvalue weighted by Gasteiger charge is -2.28. The van der Waals surface area contributed by atoms with Crippen molar-refractivity contribution in [2.45, 2.75) is 25.8 Å². The van der Waals surface area contributed by atoms with Gasteiger partial charge in [-0.15, -0.1) is 0 Å². The normalized spacial score (nSPS) is 18.5. The van der Waals surface area contributed by atoms with E-state index in [1.165, 1.54) is 12.1 Å². The number of phenolic OH excluding ortho intramolecular Hbond substituents is 1. The molecule has 1 atom stereocenters. The first-order chi connectivity index (χ1) is 9.13. The van der Waals surface area contributed by atoms with Gasteiger partial charge in [-0.25, -0.2) is 0 Å². The summed E-state index contributed by atoms with van der Waals surface area (Å²) in [7, 11) is 0. The lowest BCUT2D eigenvalue weighted by Crippen LogP contribution is -2.42. The van der Waals surface area contributed by atoms with Crippen LogP contribution in [-0.2, 0) is 0 Å². The summed E-state index contributed by atoms with van der Waals surface area (Å²) in [5.74, 6) is -0.0137. The molecule has 5 heteroatoms. The molecular weight excluding hydrogens is 264 g/mol. The Morgan fingerprint density at radius 2 is 2.37 bits per heavy atom. The maximum atomic E-state index is 12.5. The van der Waals surface area contributed by atoms with E-state index >= 15 is 0 Å². The van der Waals surface area contributed by atoms with Crippen LogP contribution in [0, 0.1) is 0 Å². The van der Waals surface area contributed by atoms with E-state index in [2.05, 4.69) is 12.2 Å². The van der Waals surface area contributed by atoms with Crippen LogP contribution in [0.1, 0.15) is 30.1 Å². The highest BCUT2D eigenvalue weighted by Crippen LogP contribution is 2.25. The van der Waals surface area contributed by atoms with Crippen molar-refractivity contribution < 1.29 is 9.90 Å². The lowest BCUT2D eigenvalue weighted by molar-refractivity contribution is 0.0692. The average Bonchev–Trinajstić information content (AvgIpc) is 2.92. The molecule has 0 bridgehead atoms. The van der Waals surface area contributed by atoms with Crippen LogP contribution in [0.25, 0.3) is 0 Å². The van der Waals surface area contributed by atoms with E-state index in [-0.39, 0.29) is 22.7 Å². The van der Waals surface area contributed by atoms with Gasteiger partial charge in [0.05, 0.1) is 5.02 Å². The summed E-state index contributed by atoms with van der Waals surface area (Å²) in [6.45, 7) is 4.60. The summed E-state index contributed by atoms with van der Waals surface area (Å²) in [4.78, 5) is 14.4. The Hall–Kier alpha value is -1.26. The van der Waals surface area contributed by atoms with E-state index in [4.69, 9.17) is 11.6 Å². The summed E-state index contributed by atoms with van der Waals surface area (Å²) in [5.41, 5.74) is 0.531. The van der Waals surface area contributed by atoms with Gasteiger partial charge in [0.25, 0.3) is 5.91 Å². The number of nitrogens with zero attached hydrogens (tertiary/aromatic N) is 1. The minimum absolute atomic E-state index is 0.00258. The Morgan fingerprint density at radius 3 is 2.95 bits per heavy atom. The molecule has 1 heterocycles. The number of halogens is 1. The highest BCUT2D eigenvalue weighted by atomic mass is 35.5. The van der Waals surface area contributed by atoms with Gasteiger partial charge >= 0.3 is 0 Å². The van der Waals surface area contributed by atoms with Crippen molar-refractivity contribution in [2.24, 2.45) is 0 Å². The lowest BCUT2D eigenvalue weighted by atomic mass is 10.1. The van der Waals surface area contributed by atoms with Crippen molar-refractivity contribution in [1.82, 2.24) is 10.2 Å². The predicted octanol–water partition coefficient (Wildman–Crippen LogP) is 2.26. The Morgan fingerprint density at radius 1 is 1.58 bits per heavy atom. The van der Waals surface area contributed by atoms with E-state index in [1.54, 1.807) is 6.07 Å². The van der Waals surface area contributed by atoms with Crippen molar-refractivity contribution >= 4 is 17.5 Å². The van der Waals surface area contributed by atoms with Crippen LogP contribution < -0.4 is 5.32 Å². The van der Waals surface area contributed by atoms with Gasteiger partial charge in [-0.2, -0.15) is 0 Å². The van der Waals surface area contributed by atoms with Gasteiger partial charge in [0.1, 0.15) is 5.75 Å². The standard InChI is InChI=1S/C14H19ClN2O2/c1-2-7-17(11-5-6-16-9-11)14(19)10-3-4-13(18)12(15)8-10/h3-4,8,11,16,18H,2,5-7,9H2,1H3. The molecule has 19 heavy (non-hydrogen) atoms. The molecule has 2 rings (SSSR count). The van der Waals surface area contributed by atoms with Crippen LogP contribution in [0.15, 0.2) is 18.2 Å². The Labute approximate surface area is 118 Å². The summed E-state index contributed by atoms with van der Waals surface area (Å²) in [5, 5.41) is 12.9. The molecule has 0 saturated carbocycles. The monoisotopic (exact) mass is 282 g/mol. The molecule has 0 spiro atoms. The van der Waals surface area contributed by atoms with E-state index in [9.17, 15) is 9.90 Å². The summed E-state index contributed by atoms with van der Waals surface area (Å²) < 4.78 is 0. The predicted molar refractivity (Wildman–Crippen MR) is 75.7 cm³/mol. The largest absolute Gasteiger partial charge is 0.506 e. The van der Waals surface area contributed by atoms with Crippen LogP contribution in [0.4, 0.5) is 0 Å². The third kappa shape index (κ3) is 3.19. The Balaban J connectivity index is 2.20. The highest BCUT2D eigenvalue weighted by molar-refractivity contribution is 6.32. The van der Waals surface area contributed by atoms with Gasteiger partial charge in [-0.1, -0.05) is 18.5 Å². The number of hydrogen-bond acceptors (Lipinski definition) is 3. The molecule has 2 N–H and O–H groups in total. The fourth-order valence-corrected chi connectivity index (χ4v) is 2.58. The first-order valence-electron chi connectivity index (χ1n) is 6.63. The molecule has 0 aromatic heterocycles. The molecule has 0 radical (unpaired) electrons. The third-order valence-electron chi connectivity index (χ3n) is 3.40. The Kier molecular flexibility index (Phi) is 4.66. The van der Waals surface area contributed by atoms with E-state index in [0.717, 1.165) is 32.5 Å². The summed E-state index contributed by atoms with van der Waals surface area (Å²) >= 11 is 5.87. The molecule has 1 fully saturated rings. The number of amides is 1. The number of rotatable bonds is 4. The van der Waals surface area contributed by atoms with Crippen LogP contribution >= 0.6 is 11.6 Å². The van der Waals surface area contributed by atoms with E-state index < -0.39 is 0 Å². The number of nitrogens with one attached hydrogen (secondary N) is 1. The molecule has 1 amide bonds. The van der Waals surface area contributed by atoms with Gasteiger partial charge in [0.15, 0.2) is 0 Å². The summed E-state index contributed by atoms with van der Waals surface area (Å²) in [6, 6.07) is 4.87. The van der Waals surface area contributed by atoms with Crippen LogP contribution in [0.5, 0.6) is 5.75 Å². The molecule has 1 saturated heterocycles. The first kappa shape index (κ1) is 14.2. The number of hydrogen-bond donors (Lipinski definition) is 2. The second-order valence-corrected chi connectivity index (χ2v) is 5.22. The van der Waals surface area contributed by atoms with Crippen molar-refractivity contribution in [2.75, 3.05) is 19.6 Å². The molecule has 1 aromatic carbocycles. The molecular formula is C14H19ClN2O2. The average molecular weight is 283 g/mol. The first-order valence-corrected chi connectivity index (χ1v) is 7.01. The minimum atomic E-state index is -0.0162. The van der Waals surface area contributed by atoms with E-state index in [1.807, 2.05) is 4.90 Å². The highest BCUT2D eigenvalue weighted by Gasteiger charge is 2.26. The molecule has 1 unspecified atom stereocenters. The molecule has 1 aliphatic heterocycles. The quantitative estimate of drug-likeness (QED) is 0.891. The van der Waals surface area contributed by atoms with Gasteiger partial charge in [-0.05, 0) is 37.6 Å². The maximum absolute atomic E-state index is 12.5. The molecule has 104 valence electrons. The number of benzene rings is 1. The number of phenols is 1. The molecule has 0 aliphatic carbocycles. The summed E-state index contributed by atoms with van der Waals surface area (Å²) in [6.07, 6.45) is 1.91. The second kappa shape index (κ2) is 6.26. The van der Waals surface area contributed by atoms with Gasteiger partial charge in [0.2, 0.25) is 0 Å². The topological polar surface area (TPSA) is 52.6 Å². The molecule has 1 aliphatic rings. The zero-order chi connectivity index (χ0) is 13.8. The van der Waals surface area contributed by atoms with Crippen molar-refractivity contribution in [1.29, 1.82) is 0 Å². The zero-order valence-corrected chi connectivity index (χ0v) is 11.8. The number of carbonyl (C=O) groups excluding carboxylic acids is 1. The molecule has 4 nitrogen and oxygen atoms in total. The van der Waals surface area contributed by atoms with Crippen molar-refractivity contribution in [3.63, 3.8) is 0 Å². The SMILES string of the molecule is CCCN(C(=O)c1ccc(O)c(Cl)c1)C1CCNC1. The number of aromatic hydroxyl groups is 1. The van der Waals surface area contributed by atoms with Crippen LogP contribution in [0.2, 0.25) is 5.02 Å². The van der Waals surface area contributed by atoms with Gasteiger partial charge < -0.3 is 15.3 Å². The fraction of sp³-hybridized carbons (Fsp3) is 0.500. The smallest absolute Gasteiger partial charge is 0.254 e. The number of carbonyl (C=O) groups is 1. The van der Waals surface area contributed by atoms with Crippen molar-refractivity contribution in [3.05, 3.63) is 28.8 Å². The zero-order valence-electron chi connectivity index (χ0n) is 11.0. The van der Waals surface area contributed by atoms with Crippen LogP contribution in [-0.4, -0.2) is 41.6 Å². The second-order valence-electron chi connectivity index (χ2n) is 4.81. The Bertz CT molecular complexity index is 459. The third-order valence-corrected chi connectivity index (χ3v) is 3.70. The minimum Gasteiger partial charge on any atom is -0.506 e.